The lowest BCUT2D eigenvalue weighted by Gasteiger charge is -2.30. The average Bonchev–Trinajstić information content (AvgIpc) is 3.62. The molecule has 1 aliphatic rings. The highest BCUT2D eigenvalue weighted by atomic mass is 35.5. The number of hydrogen-bond acceptors (Lipinski definition) is 6. The van der Waals surface area contributed by atoms with Crippen molar-refractivity contribution in [2.45, 2.75) is 83.5 Å². The third-order valence-corrected chi connectivity index (χ3v) is 6.08. The van der Waals surface area contributed by atoms with Gasteiger partial charge in [0.25, 0.3) is 11.8 Å². The molecule has 2 rings (SSSR count). The Bertz CT molecular complexity index is 1040. The van der Waals surface area contributed by atoms with Gasteiger partial charge in [0.15, 0.2) is 6.10 Å². The number of aliphatic hydroxyl groups is 1. The molecule has 0 spiro atoms. The maximum Gasteiger partial charge on any atom is 0.407 e. The number of carbonyl (C=O) groups excluding carboxylic acids is 4. The Morgan fingerprint density at radius 1 is 1.11 bits per heavy atom. The van der Waals surface area contributed by atoms with Crippen molar-refractivity contribution in [3.63, 3.8) is 0 Å². The van der Waals surface area contributed by atoms with E-state index < -0.39 is 66.2 Å². The molecule has 1 fully saturated rings. The van der Waals surface area contributed by atoms with E-state index in [1.807, 2.05) is 0 Å². The van der Waals surface area contributed by atoms with Gasteiger partial charge < -0.3 is 31.1 Å². The molecule has 1 unspecified atom stereocenters. The zero-order valence-corrected chi connectivity index (χ0v) is 22.7. The number of alkyl halides is 2. The van der Waals surface area contributed by atoms with E-state index in [2.05, 4.69) is 26.0 Å². The standard InChI is InChI=1S/C25H35ClF2N4O6/c1-24(2,3)19(32-23(37)38-5)22(36)30-16-9-6-13(26)12-15(16)20(34)31-17(10-11-25(4,27)28)18(33)21(35)29-14-7-8-14/h6,9,12,14,17-19,33H,7-8,10-11H2,1-5H3,(H,29,35)(H,30,36)(H,31,34)(H,32,37)/t17-,18?,19+/m0/s1. The maximum absolute atomic E-state index is 13.6. The number of benzene rings is 1. The maximum atomic E-state index is 13.6. The molecule has 0 aliphatic heterocycles. The van der Waals surface area contributed by atoms with Gasteiger partial charge in [0.05, 0.1) is 24.4 Å². The third kappa shape index (κ3) is 9.71. The number of aliphatic hydroxyl groups excluding tert-OH is 1. The van der Waals surface area contributed by atoms with Crippen molar-refractivity contribution in [2.75, 3.05) is 12.4 Å². The molecule has 13 heteroatoms. The first kappa shape index (κ1) is 31.2. The molecule has 212 valence electrons. The first-order chi connectivity index (χ1) is 17.5. The summed E-state index contributed by atoms with van der Waals surface area (Å²) in [4.78, 5) is 50.5. The van der Waals surface area contributed by atoms with Gasteiger partial charge in [-0.1, -0.05) is 32.4 Å². The van der Waals surface area contributed by atoms with Gasteiger partial charge in [-0.2, -0.15) is 0 Å². The Balaban J connectivity index is 2.29. The zero-order chi connectivity index (χ0) is 28.8. The van der Waals surface area contributed by atoms with Gasteiger partial charge in [0.2, 0.25) is 11.8 Å². The first-order valence-electron chi connectivity index (χ1n) is 12.1. The van der Waals surface area contributed by atoms with E-state index >= 15 is 0 Å². The molecule has 4 amide bonds. The highest BCUT2D eigenvalue weighted by Gasteiger charge is 2.36. The van der Waals surface area contributed by atoms with E-state index in [9.17, 15) is 33.1 Å². The Kier molecular flexibility index (Phi) is 10.4. The summed E-state index contributed by atoms with van der Waals surface area (Å²) >= 11 is 6.08. The number of alkyl carbamates (subject to hydrolysis) is 1. The second kappa shape index (κ2) is 12.7. The third-order valence-electron chi connectivity index (χ3n) is 5.84. The van der Waals surface area contributed by atoms with Crippen LogP contribution in [0.25, 0.3) is 0 Å². The zero-order valence-electron chi connectivity index (χ0n) is 22.0. The lowest BCUT2D eigenvalue weighted by molar-refractivity contribution is -0.131. The van der Waals surface area contributed by atoms with Crippen molar-refractivity contribution in [2.24, 2.45) is 5.41 Å². The fourth-order valence-corrected chi connectivity index (χ4v) is 3.70. The van der Waals surface area contributed by atoms with Gasteiger partial charge in [-0.3, -0.25) is 14.4 Å². The predicted molar refractivity (Wildman–Crippen MR) is 137 cm³/mol. The summed E-state index contributed by atoms with van der Waals surface area (Å²) in [7, 11) is 1.15. The van der Waals surface area contributed by atoms with Gasteiger partial charge in [-0.05, 0) is 49.8 Å². The van der Waals surface area contributed by atoms with Crippen LogP contribution in [0.3, 0.4) is 0 Å². The summed E-state index contributed by atoms with van der Waals surface area (Å²) in [5, 5.41) is 20.8. The van der Waals surface area contributed by atoms with E-state index in [-0.39, 0.29) is 22.3 Å². The topological polar surface area (TPSA) is 146 Å². The monoisotopic (exact) mass is 560 g/mol. The van der Waals surface area contributed by atoms with Crippen molar-refractivity contribution in [3.8, 4) is 0 Å². The molecule has 1 aromatic carbocycles. The van der Waals surface area contributed by atoms with Crippen molar-refractivity contribution < 1.29 is 37.8 Å². The predicted octanol–water partition coefficient (Wildman–Crippen LogP) is 3.22. The Labute approximate surface area is 225 Å². The van der Waals surface area contributed by atoms with Crippen molar-refractivity contribution in [1.82, 2.24) is 16.0 Å². The molecular formula is C25H35ClF2N4O6. The number of anilines is 1. The molecule has 1 aliphatic carbocycles. The van der Waals surface area contributed by atoms with Gasteiger partial charge in [-0.15, -0.1) is 0 Å². The highest BCUT2D eigenvalue weighted by molar-refractivity contribution is 6.31. The molecular weight excluding hydrogens is 526 g/mol. The summed E-state index contributed by atoms with van der Waals surface area (Å²) in [5.41, 5.74) is -0.878. The summed E-state index contributed by atoms with van der Waals surface area (Å²) in [6.07, 6.45) is -2.22. The minimum Gasteiger partial charge on any atom is -0.453 e. The fraction of sp³-hybridized carbons (Fsp3) is 0.600. The normalized spacial score (nSPS) is 16.0. The van der Waals surface area contributed by atoms with Crippen LogP contribution in [0.4, 0.5) is 19.3 Å². The fourth-order valence-electron chi connectivity index (χ4n) is 3.53. The lowest BCUT2D eigenvalue weighted by Crippen LogP contribution is -2.52. The van der Waals surface area contributed by atoms with Crippen LogP contribution in [0.5, 0.6) is 0 Å². The van der Waals surface area contributed by atoms with Gasteiger partial charge >= 0.3 is 6.09 Å². The average molecular weight is 561 g/mol. The van der Waals surface area contributed by atoms with Gasteiger partial charge in [0.1, 0.15) is 6.04 Å². The molecule has 0 saturated heterocycles. The largest absolute Gasteiger partial charge is 0.453 e. The van der Waals surface area contributed by atoms with E-state index in [1.54, 1.807) is 20.8 Å². The molecule has 1 saturated carbocycles. The van der Waals surface area contributed by atoms with E-state index in [0.717, 1.165) is 20.0 Å². The summed E-state index contributed by atoms with van der Waals surface area (Å²) < 4.78 is 31.7. The Morgan fingerprint density at radius 2 is 1.74 bits per heavy atom. The van der Waals surface area contributed by atoms with Crippen LogP contribution in [0.15, 0.2) is 18.2 Å². The van der Waals surface area contributed by atoms with Crippen molar-refractivity contribution in [1.29, 1.82) is 0 Å². The number of methoxy groups -OCH3 is 1. The Morgan fingerprint density at radius 3 is 2.26 bits per heavy atom. The quantitative estimate of drug-likeness (QED) is 0.281. The number of carbonyl (C=O) groups is 4. The molecule has 3 atom stereocenters. The number of nitrogens with one attached hydrogen (secondary N) is 4. The second-order valence-corrected chi connectivity index (χ2v) is 11.0. The molecule has 1 aromatic rings. The van der Waals surface area contributed by atoms with E-state index in [1.165, 1.54) is 18.2 Å². The van der Waals surface area contributed by atoms with Crippen LogP contribution in [0.1, 0.15) is 63.7 Å². The molecule has 5 N–H and O–H groups in total. The van der Waals surface area contributed by atoms with Crippen LogP contribution in [-0.2, 0) is 14.3 Å². The minimum atomic E-state index is -3.10. The Hall–Kier alpha value is -2.99. The number of hydrogen-bond donors (Lipinski definition) is 5. The lowest BCUT2D eigenvalue weighted by atomic mass is 9.86. The molecule has 38 heavy (non-hydrogen) atoms. The first-order valence-corrected chi connectivity index (χ1v) is 12.5. The van der Waals surface area contributed by atoms with E-state index in [0.29, 0.717) is 6.92 Å². The molecule has 10 nitrogen and oxygen atoms in total. The van der Waals surface area contributed by atoms with Crippen LogP contribution < -0.4 is 21.3 Å². The minimum absolute atomic E-state index is 0.00862. The van der Waals surface area contributed by atoms with Crippen LogP contribution in [-0.4, -0.2) is 66.2 Å². The number of rotatable bonds is 11. The second-order valence-electron chi connectivity index (χ2n) is 10.5. The van der Waals surface area contributed by atoms with Crippen LogP contribution in [0, 0.1) is 5.41 Å². The molecule has 0 heterocycles. The molecule has 0 aromatic heterocycles. The summed E-state index contributed by atoms with van der Waals surface area (Å²) in [6, 6.07) is 1.52. The highest BCUT2D eigenvalue weighted by Crippen LogP contribution is 2.26. The smallest absolute Gasteiger partial charge is 0.407 e. The number of ether oxygens (including phenoxy) is 1. The molecule has 0 radical (unpaired) electrons. The van der Waals surface area contributed by atoms with Gasteiger partial charge in [-0.25, -0.2) is 13.6 Å². The number of halogens is 3. The van der Waals surface area contributed by atoms with E-state index in [4.69, 9.17) is 11.6 Å². The van der Waals surface area contributed by atoms with Gasteiger partial charge in [0, 0.05) is 17.5 Å². The van der Waals surface area contributed by atoms with Crippen LogP contribution >= 0.6 is 11.6 Å². The van der Waals surface area contributed by atoms with Crippen molar-refractivity contribution in [3.05, 3.63) is 28.8 Å². The summed E-state index contributed by atoms with van der Waals surface area (Å²) in [5.74, 6) is -5.40. The summed E-state index contributed by atoms with van der Waals surface area (Å²) in [6.45, 7) is 5.83. The van der Waals surface area contributed by atoms with Crippen LogP contribution in [0.2, 0.25) is 5.02 Å². The number of amides is 4. The SMILES string of the molecule is COC(=O)N[C@H](C(=O)Nc1ccc(Cl)cc1C(=O)N[C@@H](CCC(C)(F)F)C(O)C(=O)NC1CC1)C(C)(C)C. The molecule has 0 bridgehead atoms. The van der Waals surface area contributed by atoms with Crippen molar-refractivity contribution >= 4 is 41.1 Å².